The Morgan fingerprint density at radius 3 is 0.486 bits per heavy atom. The topological polar surface area (TPSA) is 6.48 Å². The molecule has 12 aromatic rings. The number of nitrogens with zero attached hydrogens (tertiary/aromatic N) is 2. The molecule has 0 aromatic heterocycles. The summed E-state index contributed by atoms with van der Waals surface area (Å²) in [5.74, 6) is 0. The molecule has 2 heteroatoms. The molecular weight excluding hydrogens is 893 g/mol. The Bertz CT molecular complexity index is 3640. The molecule has 0 N–H and O–H groups in total. The van der Waals surface area contributed by atoms with Crippen molar-refractivity contribution in [3.8, 4) is 77.9 Å². The van der Waals surface area contributed by atoms with Gasteiger partial charge in [0.15, 0.2) is 0 Å². The van der Waals surface area contributed by atoms with Crippen LogP contribution in [0, 0.1) is 0 Å². The molecule has 0 aliphatic rings. The molecule has 0 amide bonds. The highest BCUT2D eigenvalue weighted by Crippen LogP contribution is 2.41. The number of hydrogen-bond acceptors (Lipinski definition) is 2. The van der Waals surface area contributed by atoms with Gasteiger partial charge in [0.05, 0.1) is 0 Å². The highest BCUT2D eigenvalue weighted by Gasteiger charge is 2.17. The highest BCUT2D eigenvalue weighted by molar-refractivity contribution is 5.84. The summed E-state index contributed by atoms with van der Waals surface area (Å²) in [5, 5.41) is 0. The van der Waals surface area contributed by atoms with Crippen molar-refractivity contribution >= 4 is 34.1 Å². The van der Waals surface area contributed by atoms with E-state index in [4.69, 9.17) is 0 Å². The van der Waals surface area contributed by atoms with Crippen LogP contribution < -0.4 is 9.80 Å². The zero-order chi connectivity index (χ0) is 49.5. The van der Waals surface area contributed by atoms with Crippen molar-refractivity contribution in [2.75, 3.05) is 9.80 Å². The number of benzene rings is 12. The predicted molar refractivity (Wildman–Crippen MR) is 314 cm³/mol. The summed E-state index contributed by atoms with van der Waals surface area (Å²) < 4.78 is 0. The molecule has 0 saturated carbocycles. The number of rotatable bonds is 13. The zero-order valence-electron chi connectivity index (χ0n) is 40.9. The van der Waals surface area contributed by atoms with Crippen LogP contribution in [0.25, 0.3) is 77.9 Å². The lowest BCUT2D eigenvalue weighted by Gasteiger charge is -2.27. The van der Waals surface area contributed by atoms with Crippen LogP contribution in [0.5, 0.6) is 0 Å². The van der Waals surface area contributed by atoms with Gasteiger partial charge in [-0.3, -0.25) is 0 Å². The summed E-state index contributed by atoms with van der Waals surface area (Å²) in [6.45, 7) is 0. The Morgan fingerprint density at radius 1 is 0.122 bits per heavy atom. The van der Waals surface area contributed by atoms with Crippen molar-refractivity contribution in [3.05, 3.63) is 315 Å². The average molecular weight is 945 g/mol. The first-order valence-electron chi connectivity index (χ1n) is 25.3. The Labute approximate surface area is 435 Å². The first kappa shape index (κ1) is 45.4. The minimum Gasteiger partial charge on any atom is -0.311 e. The van der Waals surface area contributed by atoms with E-state index in [0.717, 1.165) is 45.3 Å². The molecule has 0 heterocycles. The molecule has 12 rings (SSSR count). The molecule has 12 aromatic carbocycles. The van der Waals surface area contributed by atoms with Crippen LogP contribution in [0.3, 0.4) is 0 Å². The van der Waals surface area contributed by atoms with Crippen molar-refractivity contribution in [3.63, 3.8) is 0 Å². The van der Waals surface area contributed by atoms with Gasteiger partial charge in [-0.1, -0.05) is 237 Å². The van der Waals surface area contributed by atoms with E-state index in [1.807, 2.05) is 0 Å². The van der Waals surface area contributed by atoms with Crippen molar-refractivity contribution in [2.24, 2.45) is 0 Å². The van der Waals surface area contributed by atoms with Gasteiger partial charge in [-0.25, -0.2) is 0 Å². The quantitative estimate of drug-likeness (QED) is 0.114. The molecule has 0 spiro atoms. The van der Waals surface area contributed by atoms with Crippen LogP contribution in [0.15, 0.2) is 315 Å². The third-order valence-corrected chi connectivity index (χ3v) is 13.9. The van der Waals surface area contributed by atoms with Crippen molar-refractivity contribution in [1.82, 2.24) is 0 Å². The molecule has 0 aliphatic heterocycles. The standard InChI is InChI=1S/C72H52N2/c1-5-14-53(15-6-1)57-24-26-58(27-25-57)61-32-44-69(45-33-61)74(72-50-38-64(39-51-72)66-23-13-22-65(52-66)56-20-11-4-12-21-56)71-48-36-63(37-49-71)62-34-46-70(47-35-62)73(67-40-28-59(29-41-67)54-16-7-2-8-17-54)68-42-30-60(31-43-68)55-18-9-3-10-19-55/h1-52H. The van der Waals surface area contributed by atoms with Crippen molar-refractivity contribution in [2.45, 2.75) is 0 Å². The monoisotopic (exact) mass is 944 g/mol. The van der Waals surface area contributed by atoms with Gasteiger partial charge in [0.25, 0.3) is 0 Å². The lowest BCUT2D eigenvalue weighted by molar-refractivity contribution is 1.28. The minimum atomic E-state index is 1.08. The maximum atomic E-state index is 2.35. The Kier molecular flexibility index (Phi) is 12.8. The SMILES string of the molecule is c1ccc(-c2ccc(-c3ccc(N(c4ccc(-c5ccc(N(c6ccc(-c7ccccc7)cc6)c6ccc(-c7ccccc7)cc6)cc5)cc4)c4ccc(-c5cccc(-c6ccccc6)c5)cc4)cc3)cc2)cc1. The Morgan fingerprint density at radius 2 is 0.270 bits per heavy atom. The molecule has 0 fully saturated rings. The van der Waals surface area contributed by atoms with Crippen LogP contribution in [0.4, 0.5) is 34.1 Å². The van der Waals surface area contributed by atoms with E-state index in [1.54, 1.807) is 0 Å². The van der Waals surface area contributed by atoms with E-state index in [9.17, 15) is 0 Å². The average Bonchev–Trinajstić information content (AvgIpc) is 3.49. The third kappa shape index (κ3) is 9.81. The largest absolute Gasteiger partial charge is 0.311 e. The first-order valence-corrected chi connectivity index (χ1v) is 25.3. The van der Waals surface area contributed by atoms with E-state index >= 15 is 0 Å². The maximum absolute atomic E-state index is 2.35. The number of anilines is 6. The summed E-state index contributed by atoms with van der Waals surface area (Å²) >= 11 is 0. The van der Waals surface area contributed by atoms with Crippen LogP contribution in [-0.2, 0) is 0 Å². The van der Waals surface area contributed by atoms with Crippen molar-refractivity contribution < 1.29 is 0 Å². The van der Waals surface area contributed by atoms with E-state index in [0.29, 0.717) is 0 Å². The molecule has 0 unspecified atom stereocenters. The second-order valence-corrected chi connectivity index (χ2v) is 18.6. The molecule has 0 atom stereocenters. The highest BCUT2D eigenvalue weighted by atomic mass is 15.1. The van der Waals surface area contributed by atoms with Crippen LogP contribution in [0.2, 0.25) is 0 Å². The van der Waals surface area contributed by atoms with Gasteiger partial charge in [-0.2, -0.15) is 0 Å². The van der Waals surface area contributed by atoms with Gasteiger partial charge in [-0.15, -0.1) is 0 Å². The van der Waals surface area contributed by atoms with Crippen molar-refractivity contribution in [1.29, 1.82) is 0 Å². The van der Waals surface area contributed by atoms with Gasteiger partial charge in [0.2, 0.25) is 0 Å². The Hall–Kier alpha value is -9.76. The molecule has 0 saturated heterocycles. The summed E-state index contributed by atoms with van der Waals surface area (Å²) in [6, 6.07) is 113. The normalized spacial score (nSPS) is 11.0. The molecular formula is C72H52N2. The Balaban J connectivity index is 0.851. The minimum absolute atomic E-state index is 1.08. The molecule has 74 heavy (non-hydrogen) atoms. The summed E-state index contributed by atoms with van der Waals surface area (Å²) in [5.41, 5.74) is 23.2. The third-order valence-electron chi connectivity index (χ3n) is 13.9. The molecule has 2 nitrogen and oxygen atoms in total. The number of hydrogen-bond donors (Lipinski definition) is 0. The lowest BCUT2D eigenvalue weighted by Crippen LogP contribution is -2.10. The fourth-order valence-corrected chi connectivity index (χ4v) is 9.97. The molecule has 350 valence electrons. The van der Waals surface area contributed by atoms with Gasteiger partial charge in [-0.05, 0) is 157 Å². The fourth-order valence-electron chi connectivity index (χ4n) is 9.97. The second kappa shape index (κ2) is 20.9. The predicted octanol–water partition coefficient (Wildman–Crippen LogP) is 20.3. The molecule has 0 aliphatic carbocycles. The van der Waals surface area contributed by atoms with Gasteiger partial charge in [0.1, 0.15) is 0 Å². The van der Waals surface area contributed by atoms with Crippen LogP contribution in [0.1, 0.15) is 0 Å². The van der Waals surface area contributed by atoms with Crippen LogP contribution >= 0.6 is 0 Å². The summed E-state index contributed by atoms with van der Waals surface area (Å²) in [7, 11) is 0. The van der Waals surface area contributed by atoms with E-state index in [-0.39, 0.29) is 0 Å². The first-order chi connectivity index (χ1) is 36.7. The van der Waals surface area contributed by atoms with E-state index in [2.05, 4.69) is 325 Å². The van der Waals surface area contributed by atoms with E-state index in [1.165, 1.54) is 66.8 Å². The summed E-state index contributed by atoms with van der Waals surface area (Å²) in [6.07, 6.45) is 0. The smallest absolute Gasteiger partial charge is 0.0462 e. The fraction of sp³-hybridized carbons (Fsp3) is 0. The van der Waals surface area contributed by atoms with Gasteiger partial charge in [0, 0.05) is 34.1 Å². The summed E-state index contributed by atoms with van der Waals surface area (Å²) in [4.78, 5) is 4.69. The van der Waals surface area contributed by atoms with Crippen LogP contribution in [-0.4, -0.2) is 0 Å². The maximum Gasteiger partial charge on any atom is 0.0462 e. The zero-order valence-corrected chi connectivity index (χ0v) is 40.9. The van der Waals surface area contributed by atoms with E-state index < -0.39 is 0 Å². The molecule has 0 radical (unpaired) electrons. The van der Waals surface area contributed by atoms with Gasteiger partial charge < -0.3 is 9.80 Å². The second-order valence-electron chi connectivity index (χ2n) is 18.6. The molecule has 0 bridgehead atoms. The lowest BCUT2D eigenvalue weighted by atomic mass is 9.98. The van der Waals surface area contributed by atoms with Gasteiger partial charge >= 0.3 is 0 Å².